The standard InChI is InChI=1S/C14H11BrClNO.C8H6BrClO.C8H7BrO2.C6H6ClN.Cl2OS/c1-9-5-6-10(7-13(9)15)14(18)17-12-4-2-3-11(16)8-12;2*1-5-2-3-6(8(10)11)4-7(5)9;7-5-2-1-3-6(8)4-5;1-4(2)3/h2-8H,1H3,(H,17,18);2-4H,1H3;2-4H,1H3,(H,10,11);1-4H,8H2;. The highest BCUT2D eigenvalue weighted by molar-refractivity contribution is 9.11. The van der Waals surface area contributed by atoms with Crippen molar-refractivity contribution >= 4 is 142 Å². The molecule has 0 spiro atoms. The maximum atomic E-state index is 12.0. The molecule has 0 unspecified atom stereocenters. The van der Waals surface area contributed by atoms with Crippen LogP contribution in [0.1, 0.15) is 47.8 Å². The normalized spacial score (nSPS) is 9.69. The van der Waals surface area contributed by atoms with Crippen molar-refractivity contribution in [2.24, 2.45) is 0 Å². The zero-order valence-corrected chi connectivity index (χ0v) is 36.8. The van der Waals surface area contributed by atoms with Crippen LogP contribution in [-0.4, -0.2) is 26.4 Å². The quantitative estimate of drug-likeness (QED) is 0.122. The van der Waals surface area contributed by atoms with Gasteiger partial charge in [-0.1, -0.05) is 101 Å². The SMILES string of the molecule is Cc1ccc(C(=O)Cl)cc1Br.Cc1ccc(C(=O)Nc2cccc(Cl)c2)cc1Br.Cc1ccc(C(=O)O)cc1Br.Nc1cccc(Cl)c1.O=S(Cl)Cl. The van der Waals surface area contributed by atoms with E-state index in [2.05, 4.69) is 74.5 Å². The molecule has 5 aromatic carbocycles. The smallest absolute Gasteiger partial charge is 0.335 e. The Hall–Kier alpha value is -2.45. The van der Waals surface area contributed by atoms with Crippen LogP contribution in [0.5, 0.6) is 0 Å². The Bertz CT molecular complexity index is 1940. The second kappa shape index (κ2) is 24.8. The van der Waals surface area contributed by atoms with E-state index in [-0.39, 0.29) is 5.91 Å². The van der Waals surface area contributed by atoms with Crippen molar-refractivity contribution < 1.29 is 23.7 Å². The summed E-state index contributed by atoms with van der Waals surface area (Å²) in [6.07, 6.45) is 0. The molecule has 0 aliphatic carbocycles. The molecule has 5 aromatic rings. The Morgan fingerprint density at radius 1 is 0.654 bits per heavy atom. The third kappa shape index (κ3) is 19.6. The van der Waals surface area contributed by atoms with Crippen LogP contribution in [-0.2, 0) is 9.23 Å². The third-order valence-electron chi connectivity index (χ3n) is 6.18. The van der Waals surface area contributed by atoms with Crippen molar-refractivity contribution in [3.8, 4) is 0 Å². The molecule has 5 rings (SSSR count). The molecule has 7 nitrogen and oxygen atoms in total. The molecule has 0 aliphatic heterocycles. The fourth-order valence-corrected chi connectivity index (χ4v) is 5.09. The van der Waals surface area contributed by atoms with Crippen molar-refractivity contribution in [3.63, 3.8) is 0 Å². The number of nitrogens with one attached hydrogen (secondary N) is 1. The van der Waals surface area contributed by atoms with Crippen LogP contribution >= 0.6 is 104 Å². The van der Waals surface area contributed by atoms with Crippen molar-refractivity contribution in [1.29, 1.82) is 0 Å². The van der Waals surface area contributed by atoms with Gasteiger partial charge in [0.15, 0.2) is 0 Å². The number of nitrogen functional groups attached to an aromatic ring is 1. The third-order valence-corrected chi connectivity index (χ3v) is 9.43. The van der Waals surface area contributed by atoms with E-state index in [1.165, 1.54) is 0 Å². The first-order chi connectivity index (χ1) is 24.3. The van der Waals surface area contributed by atoms with Gasteiger partial charge in [-0.2, -0.15) is 0 Å². The number of aryl methyl sites for hydroxylation is 3. The van der Waals surface area contributed by atoms with Crippen LogP contribution in [0.2, 0.25) is 10.0 Å². The number of amides is 1. The fourth-order valence-electron chi connectivity index (χ4n) is 3.45. The number of carbonyl (C=O) groups is 3. The molecule has 4 N–H and O–H groups in total. The molecule has 0 saturated carbocycles. The van der Waals surface area contributed by atoms with Crippen LogP contribution < -0.4 is 11.1 Å². The number of benzene rings is 5. The lowest BCUT2D eigenvalue weighted by Gasteiger charge is -2.07. The Morgan fingerprint density at radius 3 is 1.44 bits per heavy atom. The largest absolute Gasteiger partial charge is 0.478 e. The number of carboxylic acid groups (broad SMARTS) is 1. The average Bonchev–Trinajstić information content (AvgIpc) is 3.05. The maximum absolute atomic E-state index is 12.0. The lowest BCUT2D eigenvalue weighted by molar-refractivity contribution is 0.0696. The number of rotatable bonds is 4. The lowest BCUT2D eigenvalue weighted by atomic mass is 10.1. The van der Waals surface area contributed by atoms with E-state index in [4.69, 9.17) is 49.9 Å². The molecule has 0 heterocycles. The van der Waals surface area contributed by atoms with Gasteiger partial charge in [-0.05, 0) is 122 Å². The minimum atomic E-state index is -1.67. The summed E-state index contributed by atoms with van der Waals surface area (Å²) in [5.41, 5.74) is 11.4. The molecule has 52 heavy (non-hydrogen) atoms. The molecule has 0 aliphatic rings. The van der Waals surface area contributed by atoms with Crippen LogP contribution in [0.25, 0.3) is 0 Å². The highest BCUT2D eigenvalue weighted by Crippen LogP contribution is 2.21. The number of anilines is 2. The van der Waals surface area contributed by atoms with Crippen LogP contribution in [0.3, 0.4) is 0 Å². The number of nitrogens with two attached hydrogens (primary N) is 1. The molecule has 0 fully saturated rings. The molecule has 1 amide bonds. The first kappa shape index (κ1) is 47.6. The van der Waals surface area contributed by atoms with Crippen molar-refractivity contribution in [3.05, 3.63) is 160 Å². The maximum Gasteiger partial charge on any atom is 0.335 e. The number of aromatic carboxylic acids is 1. The highest BCUT2D eigenvalue weighted by atomic mass is 79.9. The van der Waals surface area contributed by atoms with Crippen molar-refractivity contribution in [2.75, 3.05) is 11.1 Å². The molecule has 276 valence electrons. The Morgan fingerprint density at radius 2 is 1.06 bits per heavy atom. The van der Waals surface area contributed by atoms with Crippen LogP contribution in [0.15, 0.2) is 117 Å². The predicted molar refractivity (Wildman–Crippen MR) is 229 cm³/mol. The Labute approximate surface area is 354 Å². The van der Waals surface area contributed by atoms with Gasteiger partial charge >= 0.3 is 5.97 Å². The molecule has 16 heteroatoms. The van der Waals surface area contributed by atoms with E-state index < -0.39 is 20.4 Å². The summed E-state index contributed by atoms with van der Waals surface area (Å²) in [5.74, 6) is -1.05. The van der Waals surface area contributed by atoms with E-state index in [9.17, 15) is 14.4 Å². The zero-order valence-electron chi connectivity index (χ0n) is 27.4. The summed E-state index contributed by atoms with van der Waals surface area (Å²) >= 11 is 26.7. The van der Waals surface area contributed by atoms with Gasteiger partial charge in [0.25, 0.3) is 11.1 Å². The fraction of sp³-hybridized carbons (Fsp3) is 0.0833. The van der Waals surface area contributed by atoms with Gasteiger partial charge in [0.2, 0.25) is 9.23 Å². The molecular formula is C36H30Br3Cl5N2O5S. The summed E-state index contributed by atoms with van der Waals surface area (Å²) in [5, 5.41) is 12.2. The summed E-state index contributed by atoms with van der Waals surface area (Å²) in [6, 6.07) is 29.9. The predicted octanol–water partition coefficient (Wildman–Crippen LogP) is 13.2. The molecule has 0 aromatic heterocycles. The highest BCUT2D eigenvalue weighted by Gasteiger charge is 2.08. The first-order valence-corrected chi connectivity index (χ1v) is 20.7. The number of carbonyl (C=O) groups excluding carboxylic acids is 2. The summed E-state index contributed by atoms with van der Waals surface area (Å²) in [7, 11) is 7.36. The summed E-state index contributed by atoms with van der Waals surface area (Å²) < 4.78 is 11.7. The van der Waals surface area contributed by atoms with E-state index in [1.54, 1.807) is 84.9 Å². The van der Waals surface area contributed by atoms with Gasteiger partial charge in [0, 0.05) is 67.3 Å². The lowest BCUT2D eigenvalue weighted by Crippen LogP contribution is -2.11. The minimum absolute atomic E-state index is 0.155. The van der Waals surface area contributed by atoms with Gasteiger partial charge in [-0.3, -0.25) is 9.59 Å². The monoisotopic (exact) mass is 1010 g/mol. The molecule has 0 radical (unpaired) electrons. The van der Waals surface area contributed by atoms with E-state index in [0.717, 1.165) is 30.1 Å². The van der Waals surface area contributed by atoms with E-state index in [1.807, 2.05) is 39.0 Å². The molecular weight excluding hydrogens is 989 g/mol. The Kier molecular flexibility index (Phi) is 22.7. The van der Waals surface area contributed by atoms with Gasteiger partial charge < -0.3 is 16.2 Å². The number of carboxylic acids is 1. The van der Waals surface area contributed by atoms with Crippen molar-refractivity contribution in [1.82, 2.24) is 0 Å². The van der Waals surface area contributed by atoms with Gasteiger partial charge in [0.05, 0.1) is 5.56 Å². The number of hydrogen-bond acceptors (Lipinski definition) is 5. The van der Waals surface area contributed by atoms with Crippen LogP contribution in [0.4, 0.5) is 11.4 Å². The first-order valence-electron chi connectivity index (χ1n) is 14.3. The molecule has 0 bridgehead atoms. The number of hydrogen-bond donors (Lipinski definition) is 3. The summed E-state index contributed by atoms with van der Waals surface area (Å²) in [6.45, 7) is 5.84. The van der Waals surface area contributed by atoms with E-state index in [0.29, 0.717) is 38.1 Å². The topological polar surface area (TPSA) is 127 Å². The molecule has 0 saturated heterocycles. The second-order valence-corrected chi connectivity index (χ2v) is 16.5. The number of halogens is 8. The van der Waals surface area contributed by atoms with Gasteiger partial charge in [-0.15, -0.1) is 0 Å². The van der Waals surface area contributed by atoms with Gasteiger partial charge in [0.1, 0.15) is 0 Å². The van der Waals surface area contributed by atoms with E-state index >= 15 is 0 Å². The minimum Gasteiger partial charge on any atom is -0.478 e. The second-order valence-electron chi connectivity index (χ2n) is 10.2. The summed E-state index contributed by atoms with van der Waals surface area (Å²) in [4.78, 5) is 33.1. The Balaban J connectivity index is 0.000000348. The zero-order chi connectivity index (χ0) is 39.5. The average molecular weight is 1020 g/mol. The van der Waals surface area contributed by atoms with Crippen LogP contribution in [0, 0.1) is 20.8 Å². The van der Waals surface area contributed by atoms with Gasteiger partial charge in [-0.25, -0.2) is 9.00 Å². The van der Waals surface area contributed by atoms with Crippen molar-refractivity contribution in [2.45, 2.75) is 20.8 Å². The molecule has 0 atom stereocenters.